The molecule has 3 aliphatic rings. The van der Waals surface area contributed by atoms with Gasteiger partial charge in [-0.25, -0.2) is 0 Å². The Balaban J connectivity index is 1.69. The Morgan fingerprint density at radius 2 is 1.68 bits per heavy atom. The van der Waals surface area contributed by atoms with E-state index in [0.29, 0.717) is 0 Å². The maximum Gasteiger partial charge on any atom is 0.235 e. The Labute approximate surface area is 144 Å². The number of H-pyrrole nitrogens is 1. The molecule has 2 aliphatic carbocycles. The second-order valence-corrected chi connectivity index (χ2v) is 7.39. The van der Waals surface area contributed by atoms with Gasteiger partial charge in [0.05, 0.1) is 11.8 Å². The van der Waals surface area contributed by atoms with Crippen LogP contribution in [0.5, 0.6) is 0 Å². The van der Waals surface area contributed by atoms with E-state index in [1.807, 2.05) is 18.2 Å². The van der Waals surface area contributed by atoms with Crippen molar-refractivity contribution in [3.8, 4) is 0 Å². The Morgan fingerprint density at radius 1 is 0.880 bits per heavy atom. The number of fused-ring (bicyclic) bond motifs is 10. The third-order valence-corrected chi connectivity index (χ3v) is 6.32. The van der Waals surface area contributed by atoms with Gasteiger partial charge in [-0.2, -0.15) is 0 Å². The maximum absolute atomic E-state index is 12.7. The van der Waals surface area contributed by atoms with Gasteiger partial charge in [0.2, 0.25) is 11.8 Å². The van der Waals surface area contributed by atoms with Crippen molar-refractivity contribution in [1.29, 1.82) is 0 Å². The number of aromatic amines is 1. The minimum absolute atomic E-state index is 0.0770. The van der Waals surface area contributed by atoms with E-state index >= 15 is 0 Å². The molecule has 1 fully saturated rings. The van der Waals surface area contributed by atoms with Crippen molar-refractivity contribution in [3.05, 3.63) is 70.9 Å². The van der Waals surface area contributed by atoms with Gasteiger partial charge in [-0.05, 0) is 29.2 Å². The van der Waals surface area contributed by atoms with Gasteiger partial charge in [0.15, 0.2) is 0 Å². The molecule has 4 atom stereocenters. The van der Waals surface area contributed by atoms with E-state index in [0.717, 1.165) is 28.6 Å². The minimum atomic E-state index is -0.383. The van der Waals surface area contributed by atoms with Gasteiger partial charge in [-0.3, -0.25) is 14.9 Å². The Bertz CT molecular complexity index is 1080. The molecule has 6 rings (SSSR count). The second-order valence-electron chi connectivity index (χ2n) is 7.39. The monoisotopic (exact) mass is 328 g/mol. The average molecular weight is 328 g/mol. The normalized spacial score (nSPS) is 29.1. The first-order chi connectivity index (χ1) is 12.2. The zero-order chi connectivity index (χ0) is 16.7. The summed E-state index contributed by atoms with van der Waals surface area (Å²) in [5.41, 5.74) is 5.77. The van der Waals surface area contributed by atoms with Crippen LogP contribution in [0, 0.1) is 5.92 Å². The van der Waals surface area contributed by atoms with Gasteiger partial charge in [0.25, 0.3) is 0 Å². The van der Waals surface area contributed by atoms with Crippen LogP contribution in [-0.4, -0.2) is 16.8 Å². The van der Waals surface area contributed by atoms with Gasteiger partial charge in [-0.1, -0.05) is 42.5 Å². The molecule has 3 aromatic rings. The molecule has 2 amide bonds. The number of imide groups is 1. The third kappa shape index (κ3) is 1.53. The topological polar surface area (TPSA) is 62.0 Å². The molecular weight excluding hydrogens is 312 g/mol. The molecule has 4 nitrogen and oxygen atoms in total. The first-order valence-electron chi connectivity index (χ1n) is 8.77. The summed E-state index contributed by atoms with van der Waals surface area (Å²) in [4.78, 5) is 29.0. The summed E-state index contributed by atoms with van der Waals surface area (Å²) >= 11 is 0. The molecule has 4 heteroatoms. The summed E-state index contributed by atoms with van der Waals surface area (Å²) in [6.07, 6.45) is 0.922. The smallest absolute Gasteiger partial charge is 0.235 e. The second kappa shape index (κ2) is 4.39. The highest BCUT2D eigenvalue weighted by Gasteiger charge is 2.57. The molecule has 0 unspecified atom stereocenters. The predicted octanol–water partition coefficient (Wildman–Crippen LogP) is 2.96. The third-order valence-electron chi connectivity index (χ3n) is 6.32. The van der Waals surface area contributed by atoms with Crippen LogP contribution in [0.15, 0.2) is 48.5 Å². The molecule has 2 N–H and O–H groups in total. The van der Waals surface area contributed by atoms with Crippen LogP contribution in [-0.2, 0) is 16.0 Å². The number of nitrogens with one attached hydrogen (secondary N) is 2. The molecule has 0 spiro atoms. The Kier molecular flexibility index (Phi) is 2.36. The van der Waals surface area contributed by atoms with Gasteiger partial charge in [-0.15, -0.1) is 0 Å². The fourth-order valence-electron chi connectivity index (χ4n) is 5.44. The van der Waals surface area contributed by atoms with Crippen LogP contribution in [0.1, 0.15) is 40.1 Å². The van der Waals surface area contributed by atoms with E-state index in [1.165, 1.54) is 11.1 Å². The lowest BCUT2D eigenvalue weighted by Gasteiger charge is -2.34. The summed E-state index contributed by atoms with van der Waals surface area (Å²) < 4.78 is 0. The van der Waals surface area contributed by atoms with Crippen molar-refractivity contribution in [2.75, 3.05) is 0 Å². The molecule has 1 saturated heterocycles. The lowest BCUT2D eigenvalue weighted by atomic mass is 9.66. The summed E-state index contributed by atoms with van der Waals surface area (Å²) in [6.45, 7) is 0. The van der Waals surface area contributed by atoms with Crippen molar-refractivity contribution in [2.24, 2.45) is 5.92 Å². The molecular formula is C21H16N2O2. The van der Waals surface area contributed by atoms with E-state index in [-0.39, 0.29) is 35.5 Å². The first-order valence-corrected chi connectivity index (χ1v) is 8.77. The molecule has 0 radical (unpaired) electrons. The highest BCUT2D eigenvalue weighted by atomic mass is 16.2. The molecule has 2 heterocycles. The van der Waals surface area contributed by atoms with E-state index in [9.17, 15) is 9.59 Å². The van der Waals surface area contributed by atoms with Gasteiger partial charge in [0.1, 0.15) is 0 Å². The molecule has 2 aromatic carbocycles. The predicted molar refractivity (Wildman–Crippen MR) is 93.3 cm³/mol. The number of rotatable bonds is 0. The Hall–Kier alpha value is -2.88. The lowest BCUT2D eigenvalue weighted by Crippen LogP contribution is -2.32. The van der Waals surface area contributed by atoms with Gasteiger partial charge < -0.3 is 4.98 Å². The van der Waals surface area contributed by atoms with Crippen LogP contribution in [0.2, 0.25) is 0 Å². The van der Waals surface area contributed by atoms with E-state index in [1.54, 1.807) is 0 Å². The van der Waals surface area contributed by atoms with Crippen molar-refractivity contribution in [1.82, 2.24) is 10.3 Å². The highest BCUT2D eigenvalue weighted by molar-refractivity contribution is 6.10. The Morgan fingerprint density at radius 3 is 2.60 bits per heavy atom. The molecule has 1 aliphatic heterocycles. The summed E-state index contributed by atoms with van der Waals surface area (Å²) in [7, 11) is 0. The molecule has 0 saturated carbocycles. The zero-order valence-corrected chi connectivity index (χ0v) is 13.5. The quantitative estimate of drug-likeness (QED) is 0.623. The van der Waals surface area contributed by atoms with Crippen LogP contribution in [0.25, 0.3) is 10.9 Å². The number of hydrogen-bond acceptors (Lipinski definition) is 2. The fraction of sp³-hybridized carbons (Fsp3) is 0.238. The number of carbonyl (C=O) groups is 2. The van der Waals surface area contributed by atoms with Crippen LogP contribution in [0.4, 0.5) is 0 Å². The summed E-state index contributed by atoms with van der Waals surface area (Å²) in [5, 5.41) is 3.68. The molecule has 1 aromatic heterocycles. The van der Waals surface area contributed by atoms with E-state index in [2.05, 4.69) is 40.6 Å². The summed E-state index contributed by atoms with van der Waals surface area (Å²) in [5.74, 6) is -0.633. The van der Waals surface area contributed by atoms with Gasteiger partial charge in [0, 0.05) is 28.4 Å². The fourth-order valence-corrected chi connectivity index (χ4v) is 5.44. The van der Waals surface area contributed by atoms with Crippen molar-refractivity contribution >= 4 is 22.7 Å². The van der Waals surface area contributed by atoms with Crippen LogP contribution >= 0.6 is 0 Å². The van der Waals surface area contributed by atoms with Crippen molar-refractivity contribution in [3.63, 3.8) is 0 Å². The number of benzene rings is 2. The maximum atomic E-state index is 12.7. The largest absolute Gasteiger partial charge is 0.358 e. The molecule has 0 bridgehead atoms. The highest BCUT2D eigenvalue weighted by Crippen LogP contribution is 2.59. The first kappa shape index (κ1) is 13.4. The molecule has 122 valence electrons. The summed E-state index contributed by atoms with van der Waals surface area (Å²) in [6, 6.07) is 16.5. The SMILES string of the molecule is O=C1NC(=O)[C@@H]2c3c([nH]c4ccccc34)[C@H]3Cc4ccccc4[C@H]3[C@H]12. The average Bonchev–Trinajstić information content (AvgIpc) is 3.26. The van der Waals surface area contributed by atoms with Crippen molar-refractivity contribution < 1.29 is 9.59 Å². The number of carbonyl (C=O) groups excluding carboxylic acids is 2. The zero-order valence-electron chi connectivity index (χ0n) is 13.5. The minimum Gasteiger partial charge on any atom is -0.358 e. The van der Waals surface area contributed by atoms with Crippen LogP contribution in [0.3, 0.4) is 0 Å². The molecule has 25 heavy (non-hydrogen) atoms. The number of aromatic nitrogens is 1. The van der Waals surface area contributed by atoms with E-state index < -0.39 is 0 Å². The standard InChI is InChI=1S/C21H16N2O2/c24-20-17-15-11-6-2-1-5-10(11)9-13(15)19-16(18(17)21(25)23-20)12-7-3-4-8-14(12)22-19/h1-8,13,15,17-18,22H,9H2,(H,23,24,25)/t13-,15+,17-,18+/m0/s1. The van der Waals surface area contributed by atoms with E-state index in [4.69, 9.17) is 0 Å². The number of amides is 2. The lowest BCUT2D eigenvalue weighted by molar-refractivity contribution is -0.126. The van der Waals surface area contributed by atoms with Crippen LogP contribution < -0.4 is 5.32 Å². The number of hydrogen-bond donors (Lipinski definition) is 2. The van der Waals surface area contributed by atoms with Gasteiger partial charge >= 0.3 is 0 Å². The number of para-hydroxylation sites is 1. The van der Waals surface area contributed by atoms with Crippen molar-refractivity contribution in [2.45, 2.75) is 24.2 Å².